The van der Waals surface area contributed by atoms with E-state index in [0.29, 0.717) is 29.8 Å². The number of ether oxygens (including phenoxy) is 2. The molecule has 0 amide bonds. The second-order valence-electron chi connectivity index (χ2n) is 10.5. The third-order valence-electron chi connectivity index (χ3n) is 6.70. The fraction of sp³-hybridized carbons (Fsp3) is 0.519. The van der Waals surface area contributed by atoms with E-state index in [0.717, 1.165) is 5.75 Å². The molecule has 2 atom stereocenters. The quantitative estimate of drug-likeness (QED) is 0.268. The Bertz CT molecular complexity index is 1010. The molecule has 0 spiro atoms. The van der Waals surface area contributed by atoms with Crippen LogP contribution in [0.3, 0.4) is 0 Å². The Morgan fingerprint density at radius 1 is 1.17 bits per heavy atom. The van der Waals surface area contributed by atoms with Gasteiger partial charge in [0.15, 0.2) is 8.32 Å². The largest absolute Gasteiger partial charge is 0.497 e. The maximum atomic E-state index is 14.3. The van der Waals surface area contributed by atoms with Crippen molar-refractivity contribution in [1.82, 2.24) is 5.32 Å². The molecule has 0 radical (unpaired) electrons. The van der Waals surface area contributed by atoms with Crippen LogP contribution in [0.25, 0.3) is 0 Å². The second-order valence-corrected chi connectivity index (χ2v) is 15.6. The van der Waals surface area contributed by atoms with Crippen molar-refractivity contribution in [3.8, 4) is 11.5 Å². The normalized spacial score (nSPS) is 13.8. The summed E-state index contributed by atoms with van der Waals surface area (Å²) >= 11 is 6.43. The Hall–Kier alpha value is -2.13. The van der Waals surface area contributed by atoms with Crippen molar-refractivity contribution < 1.29 is 28.2 Å². The highest BCUT2D eigenvalue weighted by atomic mass is 35.5. The number of hydrogen-bond acceptors (Lipinski definition) is 5. The standard InChI is InChI=1S/C27H39ClFNO5Si/c1-18(30-16-22(12-13-26(31)32)35-36(6,7)27(2,3)4)23-14-19(29)15-25(28)24(23)17-34-21-10-8-20(33-5)9-11-21/h8-11,14-15,18,22,30H,12-13,16-17H2,1-7H3,(H,31,32)/t18?,22-/m0/s1. The smallest absolute Gasteiger partial charge is 0.303 e. The van der Waals surface area contributed by atoms with Gasteiger partial charge in [-0.15, -0.1) is 0 Å². The fourth-order valence-electron chi connectivity index (χ4n) is 3.49. The monoisotopic (exact) mass is 539 g/mol. The highest BCUT2D eigenvalue weighted by Crippen LogP contribution is 2.38. The molecule has 6 nitrogen and oxygen atoms in total. The minimum absolute atomic E-state index is 0.0118. The van der Waals surface area contributed by atoms with E-state index in [9.17, 15) is 14.3 Å². The van der Waals surface area contributed by atoms with Crippen LogP contribution in [0.1, 0.15) is 57.7 Å². The molecule has 0 saturated heterocycles. The van der Waals surface area contributed by atoms with Gasteiger partial charge in [-0.05, 0) is 73.4 Å². The van der Waals surface area contributed by atoms with Gasteiger partial charge < -0.3 is 24.3 Å². The van der Waals surface area contributed by atoms with Crippen LogP contribution in [0, 0.1) is 5.82 Å². The Labute approximate surface area is 220 Å². The number of methoxy groups -OCH3 is 1. The zero-order valence-corrected chi connectivity index (χ0v) is 24.0. The highest BCUT2D eigenvalue weighted by molar-refractivity contribution is 6.74. The molecular formula is C27H39ClFNO5Si. The van der Waals surface area contributed by atoms with Crippen LogP contribution in [0.2, 0.25) is 23.2 Å². The molecule has 2 rings (SSSR count). The Morgan fingerprint density at radius 3 is 2.33 bits per heavy atom. The van der Waals surface area contributed by atoms with Crippen LogP contribution in [0.5, 0.6) is 11.5 Å². The molecule has 1 unspecified atom stereocenters. The summed E-state index contributed by atoms with van der Waals surface area (Å²) in [5.41, 5.74) is 1.36. The first-order chi connectivity index (χ1) is 16.7. The van der Waals surface area contributed by atoms with E-state index in [1.54, 1.807) is 31.4 Å². The number of hydrogen-bond donors (Lipinski definition) is 2. The maximum Gasteiger partial charge on any atom is 0.303 e. The summed E-state index contributed by atoms with van der Waals surface area (Å²) in [4.78, 5) is 11.2. The van der Waals surface area contributed by atoms with Crippen molar-refractivity contribution in [2.45, 2.75) is 77.4 Å². The van der Waals surface area contributed by atoms with Crippen molar-refractivity contribution in [2.75, 3.05) is 13.7 Å². The molecule has 2 N–H and O–H groups in total. The molecule has 2 aromatic carbocycles. The molecule has 0 aliphatic rings. The van der Waals surface area contributed by atoms with E-state index >= 15 is 0 Å². The van der Waals surface area contributed by atoms with E-state index in [2.05, 4.69) is 39.2 Å². The first kappa shape index (κ1) is 30.1. The van der Waals surface area contributed by atoms with E-state index in [-0.39, 0.29) is 35.2 Å². The number of benzene rings is 2. The Morgan fingerprint density at radius 2 is 1.78 bits per heavy atom. The number of rotatable bonds is 13. The van der Waals surface area contributed by atoms with Gasteiger partial charge in [-0.3, -0.25) is 4.79 Å². The van der Waals surface area contributed by atoms with Gasteiger partial charge in [0.1, 0.15) is 23.9 Å². The molecule has 0 aliphatic heterocycles. The number of nitrogens with one attached hydrogen (secondary N) is 1. The van der Waals surface area contributed by atoms with Gasteiger partial charge in [-0.1, -0.05) is 32.4 Å². The fourth-order valence-corrected chi connectivity index (χ4v) is 5.14. The second kappa shape index (κ2) is 12.9. The lowest BCUT2D eigenvalue weighted by molar-refractivity contribution is -0.137. The Kier molecular flexibility index (Phi) is 10.8. The third kappa shape index (κ3) is 8.76. The highest BCUT2D eigenvalue weighted by Gasteiger charge is 2.39. The van der Waals surface area contributed by atoms with Gasteiger partial charge in [0.05, 0.1) is 18.2 Å². The van der Waals surface area contributed by atoms with Crippen LogP contribution in [-0.2, 0) is 15.8 Å². The molecule has 200 valence electrons. The average Bonchev–Trinajstić information content (AvgIpc) is 2.79. The molecule has 0 aromatic heterocycles. The SMILES string of the molecule is COc1ccc(OCc2c(Cl)cc(F)cc2C(C)NC[C@H](CCC(=O)O)O[Si](C)(C)C(C)(C)C)cc1. The van der Waals surface area contributed by atoms with Gasteiger partial charge in [0, 0.05) is 24.6 Å². The molecular weight excluding hydrogens is 501 g/mol. The lowest BCUT2D eigenvalue weighted by Crippen LogP contribution is -2.46. The van der Waals surface area contributed by atoms with Gasteiger partial charge >= 0.3 is 5.97 Å². The topological polar surface area (TPSA) is 77.0 Å². The summed E-state index contributed by atoms with van der Waals surface area (Å²) < 4.78 is 31.9. The summed E-state index contributed by atoms with van der Waals surface area (Å²) in [5, 5.41) is 12.9. The molecule has 0 heterocycles. The third-order valence-corrected chi connectivity index (χ3v) is 11.6. The molecule has 36 heavy (non-hydrogen) atoms. The van der Waals surface area contributed by atoms with Crippen molar-refractivity contribution in [3.63, 3.8) is 0 Å². The van der Waals surface area contributed by atoms with Crippen molar-refractivity contribution >= 4 is 25.9 Å². The molecule has 0 aliphatic carbocycles. The molecule has 0 fully saturated rings. The lowest BCUT2D eigenvalue weighted by Gasteiger charge is -2.39. The van der Waals surface area contributed by atoms with Gasteiger partial charge in [-0.2, -0.15) is 0 Å². The van der Waals surface area contributed by atoms with Crippen LogP contribution in [0.4, 0.5) is 4.39 Å². The summed E-state index contributed by atoms with van der Waals surface area (Å²) in [7, 11) is -0.525. The van der Waals surface area contributed by atoms with Crippen molar-refractivity contribution in [3.05, 3.63) is 58.4 Å². The lowest BCUT2D eigenvalue weighted by atomic mass is 10.0. The van der Waals surface area contributed by atoms with E-state index in [1.807, 2.05) is 6.92 Å². The molecule has 2 aromatic rings. The molecule has 0 bridgehead atoms. The number of carbonyl (C=O) groups is 1. The summed E-state index contributed by atoms with van der Waals surface area (Å²) in [6, 6.07) is 9.64. The predicted octanol–water partition coefficient (Wildman–Crippen LogP) is 6.97. The number of carboxylic acids is 1. The zero-order chi connectivity index (χ0) is 27.1. The van der Waals surface area contributed by atoms with E-state index in [4.69, 9.17) is 25.5 Å². The van der Waals surface area contributed by atoms with Gasteiger partial charge in [0.2, 0.25) is 0 Å². The number of aliphatic carboxylic acids is 1. The average molecular weight is 540 g/mol. The zero-order valence-electron chi connectivity index (χ0n) is 22.3. The minimum Gasteiger partial charge on any atom is -0.497 e. The van der Waals surface area contributed by atoms with E-state index in [1.165, 1.54) is 12.1 Å². The number of halogens is 2. The van der Waals surface area contributed by atoms with Crippen LogP contribution >= 0.6 is 11.6 Å². The first-order valence-electron chi connectivity index (χ1n) is 12.1. The summed E-state index contributed by atoms with van der Waals surface area (Å²) in [5.74, 6) is 0.0656. The number of carboxylic acid groups (broad SMARTS) is 1. The van der Waals surface area contributed by atoms with Gasteiger partial charge in [0.25, 0.3) is 0 Å². The predicted molar refractivity (Wildman–Crippen MR) is 144 cm³/mol. The van der Waals surface area contributed by atoms with Crippen molar-refractivity contribution in [1.29, 1.82) is 0 Å². The molecule has 9 heteroatoms. The van der Waals surface area contributed by atoms with Gasteiger partial charge in [-0.25, -0.2) is 4.39 Å². The Balaban J connectivity index is 2.18. The first-order valence-corrected chi connectivity index (χ1v) is 15.4. The minimum atomic E-state index is -2.12. The molecule has 0 saturated carbocycles. The van der Waals surface area contributed by atoms with Crippen molar-refractivity contribution in [2.24, 2.45) is 0 Å². The maximum absolute atomic E-state index is 14.3. The van der Waals surface area contributed by atoms with E-state index < -0.39 is 20.1 Å². The van der Waals surface area contributed by atoms with Crippen LogP contribution in [0.15, 0.2) is 36.4 Å². The van der Waals surface area contributed by atoms with Crippen LogP contribution in [-0.4, -0.2) is 39.2 Å². The van der Waals surface area contributed by atoms with Crippen LogP contribution < -0.4 is 14.8 Å². The summed E-state index contributed by atoms with van der Waals surface area (Å²) in [6.07, 6.45) is 0.119. The summed E-state index contributed by atoms with van der Waals surface area (Å²) in [6.45, 7) is 13.2.